The first-order valence-corrected chi connectivity index (χ1v) is 9.39. The van der Waals surface area contributed by atoms with Gasteiger partial charge in [-0.1, -0.05) is 13.0 Å². The highest BCUT2D eigenvalue weighted by atomic mass is 32.2. The Kier molecular flexibility index (Phi) is 5.92. The fourth-order valence-electron chi connectivity index (χ4n) is 2.28. The van der Waals surface area contributed by atoms with Gasteiger partial charge in [0.15, 0.2) is 9.84 Å². The molecule has 25 heavy (non-hydrogen) atoms. The molecule has 0 spiro atoms. The third-order valence-electron chi connectivity index (χ3n) is 3.69. The van der Waals surface area contributed by atoms with E-state index in [-0.39, 0.29) is 28.6 Å². The number of hydrogen-bond acceptors (Lipinski definition) is 4. The number of rotatable bonds is 6. The van der Waals surface area contributed by atoms with Gasteiger partial charge in [0.2, 0.25) is 0 Å². The van der Waals surface area contributed by atoms with Crippen LogP contribution in [0.5, 0.6) is 0 Å². The quantitative estimate of drug-likeness (QED) is 0.825. The summed E-state index contributed by atoms with van der Waals surface area (Å²) in [6.45, 7) is 2.98. The van der Waals surface area contributed by atoms with Crippen molar-refractivity contribution in [1.82, 2.24) is 0 Å². The number of nitrogens with one attached hydrogen (secondary N) is 1. The third kappa shape index (κ3) is 4.87. The van der Waals surface area contributed by atoms with Crippen molar-refractivity contribution in [3.8, 4) is 0 Å². The van der Waals surface area contributed by atoms with Gasteiger partial charge in [0.05, 0.1) is 10.6 Å². The molecule has 0 bridgehead atoms. The zero-order valence-electron chi connectivity index (χ0n) is 14.0. The van der Waals surface area contributed by atoms with E-state index in [0.717, 1.165) is 0 Å². The van der Waals surface area contributed by atoms with E-state index in [9.17, 15) is 17.6 Å². The number of aryl methyl sites for hydroxylation is 1. The Labute approximate surface area is 146 Å². The highest BCUT2D eigenvalue weighted by Crippen LogP contribution is 2.18. The molecule has 0 saturated heterocycles. The van der Waals surface area contributed by atoms with Gasteiger partial charge in [-0.2, -0.15) is 0 Å². The van der Waals surface area contributed by atoms with Gasteiger partial charge in [0.1, 0.15) is 5.82 Å². The molecule has 1 unspecified atom stereocenters. The summed E-state index contributed by atoms with van der Waals surface area (Å²) < 4.78 is 37.9. The van der Waals surface area contributed by atoms with Crippen LogP contribution in [0.25, 0.3) is 0 Å². The van der Waals surface area contributed by atoms with E-state index in [1.807, 2.05) is 0 Å². The van der Waals surface area contributed by atoms with Crippen LogP contribution in [0.1, 0.15) is 22.8 Å². The minimum Gasteiger partial charge on any atom is -0.396 e. The van der Waals surface area contributed by atoms with Crippen LogP contribution in [0.4, 0.5) is 10.1 Å². The highest BCUT2D eigenvalue weighted by Gasteiger charge is 2.19. The molecule has 0 fully saturated rings. The number of sulfone groups is 1. The molecule has 0 radical (unpaired) electrons. The van der Waals surface area contributed by atoms with E-state index >= 15 is 0 Å². The van der Waals surface area contributed by atoms with Gasteiger partial charge in [-0.15, -0.1) is 0 Å². The van der Waals surface area contributed by atoms with Crippen LogP contribution in [0.2, 0.25) is 0 Å². The molecule has 0 aromatic heterocycles. The average molecular weight is 365 g/mol. The van der Waals surface area contributed by atoms with Crippen molar-refractivity contribution in [1.29, 1.82) is 0 Å². The number of hydrogen-bond donors (Lipinski definition) is 2. The third-order valence-corrected chi connectivity index (χ3v) is 5.67. The molecule has 0 aliphatic heterocycles. The lowest BCUT2D eigenvalue weighted by Crippen LogP contribution is -2.18. The fourth-order valence-corrected chi connectivity index (χ4v) is 3.92. The summed E-state index contributed by atoms with van der Waals surface area (Å²) in [5.41, 5.74) is 0.998. The monoisotopic (exact) mass is 365 g/mol. The zero-order chi connectivity index (χ0) is 18.6. The van der Waals surface area contributed by atoms with E-state index < -0.39 is 21.7 Å². The lowest BCUT2D eigenvalue weighted by molar-refractivity contribution is 0.102. The number of anilines is 1. The largest absolute Gasteiger partial charge is 0.396 e. The first-order chi connectivity index (χ1) is 11.7. The molecule has 2 aromatic carbocycles. The molecule has 5 nitrogen and oxygen atoms in total. The van der Waals surface area contributed by atoms with Crippen molar-refractivity contribution < 1.29 is 22.7 Å². The second-order valence-electron chi connectivity index (χ2n) is 6.02. The topological polar surface area (TPSA) is 83.5 Å². The van der Waals surface area contributed by atoms with Crippen molar-refractivity contribution in [3.63, 3.8) is 0 Å². The second kappa shape index (κ2) is 7.76. The van der Waals surface area contributed by atoms with Gasteiger partial charge in [-0.25, -0.2) is 12.8 Å². The average Bonchev–Trinajstić information content (AvgIpc) is 2.57. The second-order valence-corrected chi connectivity index (χ2v) is 8.05. The molecule has 7 heteroatoms. The summed E-state index contributed by atoms with van der Waals surface area (Å²) in [6.07, 6.45) is 0. The molecule has 0 aliphatic carbocycles. The van der Waals surface area contributed by atoms with Crippen molar-refractivity contribution in [3.05, 3.63) is 59.4 Å². The molecular formula is C18H20FNO4S. The Morgan fingerprint density at radius 2 is 1.96 bits per heavy atom. The molecule has 2 aromatic rings. The van der Waals surface area contributed by atoms with E-state index in [0.29, 0.717) is 11.3 Å². The molecule has 134 valence electrons. The Bertz CT molecular complexity index is 880. The molecule has 2 N–H and O–H groups in total. The maximum absolute atomic E-state index is 13.3. The van der Waals surface area contributed by atoms with Crippen molar-refractivity contribution in [2.24, 2.45) is 5.92 Å². The Morgan fingerprint density at radius 3 is 2.60 bits per heavy atom. The van der Waals surface area contributed by atoms with Gasteiger partial charge < -0.3 is 10.4 Å². The van der Waals surface area contributed by atoms with Crippen molar-refractivity contribution >= 4 is 21.4 Å². The van der Waals surface area contributed by atoms with Crippen LogP contribution in [0.3, 0.4) is 0 Å². The van der Waals surface area contributed by atoms with Crippen LogP contribution in [0.15, 0.2) is 47.4 Å². The fraction of sp³-hybridized carbons (Fsp3) is 0.278. The number of amides is 1. The first-order valence-electron chi connectivity index (χ1n) is 7.74. The maximum Gasteiger partial charge on any atom is 0.255 e. The number of carbonyl (C=O) groups excluding carboxylic acids is 1. The minimum absolute atomic E-state index is 0.0238. The number of aliphatic hydroxyl groups excluding tert-OH is 1. The molecule has 2 rings (SSSR count). The van der Waals surface area contributed by atoms with Crippen LogP contribution in [-0.4, -0.2) is 31.8 Å². The Hall–Kier alpha value is -2.25. The van der Waals surface area contributed by atoms with Gasteiger partial charge in [0, 0.05) is 17.9 Å². The summed E-state index contributed by atoms with van der Waals surface area (Å²) >= 11 is 0. The number of halogens is 1. The lowest BCUT2D eigenvalue weighted by Gasteiger charge is -2.11. The van der Waals surface area contributed by atoms with Crippen molar-refractivity contribution in [2.75, 3.05) is 17.7 Å². The predicted octanol–water partition coefficient (Wildman–Crippen LogP) is 2.79. The van der Waals surface area contributed by atoms with E-state index in [1.165, 1.54) is 42.5 Å². The SMILES string of the molecule is Cc1cc(NC(=O)c2cccc(S(=O)(=O)CC(C)CO)c2)ccc1F. The summed E-state index contributed by atoms with van der Waals surface area (Å²) in [7, 11) is -3.60. The summed E-state index contributed by atoms with van der Waals surface area (Å²) in [5, 5.41) is 11.7. The summed E-state index contributed by atoms with van der Waals surface area (Å²) in [5.74, 6) is -1.46. The van der Waals surface area contributed by atoms with Gasteiger partial charge >= 0.3 is 0 Å². The lowest BCUT2D eigenvalue weighted by atomic mass is 10.2. The highest BCUT2D eigenvalue weighted by molar-refractivity contribution is 7.91. The minimum atomic E-state index is -3.60. The normalized spacial score (nSPS) is 12.6. The van der Waals surface area contributed by atoms with E-state index in [2.05, 4.69) is 5.32 Å². The molecule has 1 atom stereocenters. The smallest absolute Gasteiger partial charge is 0.255 e. The molecule has 0 aliphatic rings. The van der Waals surface area contributed by atoms with Crippen LogP contribution in [-0.2, 0) is 9.84 Å². The van der Waals surface area contributed by atoms with Gasteiger partial charge in [-0.05, 0) is 54.8 Å². The molecular weight excluding hydrogens is 345 g/mol. The number of aliphatic hydroxyl groups is 1. The molecule has 0 saturated carbocycles. The number of benzene rings is 2. The Morgan fingerprint density at radius 1 is 1.24 bits per heavy atom. The van der Waals surface area contributed by atoms with Crippen LogP contribution < -0.4 is 5.32 Å². The first kappa shape index (κ1) is 19.1. The standard InChI is InChI=1S/C18H20FNO4S/c1-12(10-21)11-25(23,24)16-5-3-4-14(9-16)18(22)20-15-6-7-17(19)13(2)8-15/h3-9,12,21H,10-11H2,1-2H3,(H,20,22). The summed E-state index contributed by atoms with van der Waals surface area (Å²) in [4.78, 5) is 12.4. The number of carbonyl (C=O) groups is 1. The zero-order valence-corrected chi connectivity index (χ0v) is 14.8. The van der Waals surface area contributed by atoms with E-state index in [1.54, 1.807) is 13.8 Å². The van der Waals surface area contributed by atoms with Gasteiger partial charge in [-0.3, -0.25) is 4.79 Å². The van der Waals surface area contributed by atoms with Crippen LogP contribution in [0, 0.1) is 18.7 Å². The molecule has 0 heterocycles. The van der Waals surface area contributed by atoms with Gasteiger partial charge in [0.25, 0.3) is 5.91 Å². The maximum atomic E-state index is 13.3. The van der Waals surface area contributed by atoms with Crippen LogP contribution >= 0.6 is 0 Å². The summed E-state index contributed by atoms with van der Waals surface area (Å²) in [6, 6.07) is 9.88. The van der Waals surface area contributed by atoms with Crippen molar-refractivity contribution in [2.45, 2.75) is 18.7 Å². The predicted molar refractivity (Wildman–Crippen MR) is 93.8 cm³/mol. The molecule has 1 amide bonds. The Balaban J connectivity index is 2.22. The van der Waals surface area contributed by atoms with E-state index in [4.69, 9.17) is 5.11 Å².